The molecule has 2 aromatic rings. The van der Waals surface area contributed by atoms with E-state index in [0.29, 0.717) is 0 Å². The minimum Gasteiger partial charge on any atom is -0.334 e. The number of hydrogen-bond donors (Lipinski definition) is 0. The van der Waals surface area contributed by atoms with Gasteiger partial charge < -0.3 is 4.57 Å². The molecular formula is C16H20N2. The van der Waals surface area contributed by atoms with Gasteiger partial charge in [-0.2, -0.15) is 0 Å². The Bertz CT molecular complexity index is 499. The van der Waals surface area contributed by atoms with Crippen LogP contribution >= 0.6 is 0 Å². The molecule has 0 saturated heterocycles. The average Bonchev–Trinajstić information content (AvgIpc) is 2.82. The predicted octanol–water partition coefficient (Wildman–Crippen LogP) is 3.89. The molecular weight excluding hydrogens is 220 g/mol. The largest absolute Gasteiger partial charge is 0.334 e. The van der Waals surface area contributed by atoms with Crippen molar-refractivity contribution in [3.05, 3.63) is 60.2 Å². The molecule has 0 radical (unpaired) electrons. The van der Waals surface area contributed by atoms with Gasteiger partial charge in [0.25, 0.3) is 0 Å². The molecule has 0 aliphatic heterocycles. The summed E-state index contributed by atoms with van der Waals surface area (Å²) in [5.41, 5.74) is 2.83. The topological polar surface area (TPSA) is 17.8 Å². The molecule has 0 N–H and O–H groups in total. The van der Waals surface area contributed by atoms with E-state index in [1.807, 2.05) is 17.1 Å². The van der Waals surface area contributed by atoms with Crippen LogP contribution in [0.5, 0.6) is 0 Å². The molecule has 0 atom stereocenters. The summed E-state index contributed by atoms with van der Waals surface area (Å²) in [6, 6.07) is 8.75. The summed E-state index contributed by atoms with van der Waals surface area (Å²) in [5.74, 6) is 0. The molecule has 18 heavy (non-hydrogen) atoms. The van der Waals surface area contributed by atoms with E-state index in [4.69, 9.17) is 0 Å². The van der Waals surface area contributed by atoms with E-state index in [-0.39, 0.29) is 5.41 Å². The third-order valence-corrected chi connectivity index (χ3v) is 2.96. The first-order valence-electron chi connectivity index (χ1n) is 6.28. The Hall–Kier alpha value is -1.83. The van der Waals surface area contributed by atoms with E-state index >= 15 is 0 Å². The Balaban J connectivity index is 2.00. The van der Waals surface area contributed by atoms with E-state index < -0.39 is 0 Å². The van der Waals surface area contributed by atoms with E-state index in [9.17, 15) is 0 Å². The van der Waals surface area contributed by atoms with Crippen molar-refractivity contribution in [2.75, 3.05) is 0 Å². The third-order valence-electron chi connectivity index (χ3n) is 2.96. The van der Waals surface area contributed by atoms with E-state index in [2.05, 4.69) is 62.2 Å². The molecule has 2 rings (SSSR count). The van der Waals surface area contributed by atoms with Crippen molar-refractivity contribution in [2.24, 2.45) is 0 Å². The zero-order valence-corrected chi connectivity index (χ0v) is 11.3. The van der Waals surface area contributed by atoms with Crippen LogP contribution in [0.2, 0.25) is 0 Å². The smallest absolute Gasteiger partial charge is 0.0948 e. The number of aromatic nitrogens is 2. The first-order chi connectivity index (χ1) is 8.55. The van der Waals surface area contributed by atoms with Crippen molar-refractivity contribution < 1.29 is 0 Å². The summed E-state index contributed by atoms with van der Waals surface area (Å²) in [6.45, 7) is 7.56. The maximum atomic E-state index is 4.02. The summed E-state index contributed by atoms with van der Waals surface area (Å²) >= 11 is 0. The Morgan fingerprint density at radius 2 is 1.89 bits per heavy atom. The molecule has 0 bridgehead atoms. The number of imidazole rings is 1. The zero-order valence-electron chi connectivity index (χ0n) is 11.3. The highest BCUT2D eigenvalue weighted by Crippen LogP contribution is 2.22. The number of benzene rings is 1. The highest BCUT2D eigenvalue weighted by atomic mass is 15.0. The monoisotopic (exact) mass is 240 g/mol. The third kappa shape index (κ3) is 3.33. The van der Waals surface area contributed by atoms with Crippen molar-refractivity contribution in [2.45, 2.75) is 32.7 Å². The standard InChI is InChI=1S/C16H20N2/c1-16(2,3)15-8-6-14(7-9-15)5-4-11-18-12-10-17-13-18/h4-10,12-13H,11H2,1-3H3/b5-4+. The predicted molar refractivity (Wildman–Crippen MR) is 76.4 cm³/mol. The minimum atomic E-state index is 0.221. The lowest BCUT2D eigenvalue weighted by Crippen LogP contribution is -2.10. The Morgan fingerprint density at radius 3 is 2.44 bits per heavy atom. The number of hydrogen-bond acceptors (Lipinski definition) is 1. The minimum absolute atomic E-state index is 0.221. The Morgan fingerprint density at radius 1 is 1.17 bits per heavy atom. The summed E-state index contributed by atoms with van der Waals surface area (Å²) in [6.07, 6.45) is 9.88. The number of rotatable bonds is 3. The lowest BCUT2D eigenvalue weighted by atomic mass is 9.87. The van der Waals surface area contributed by atoms with Crippen molar-refractivity contribution in [3.8, 4) is 0 Å². The van der Waals surface area contributed by atoms with Crippen LogP contribution in [0.15, 0.2) is 49.1 Å². The molecule has 1 aromatic heterocycles. The summed E-state index contributed by atoms with van der Waals surface area (Å²) < 4.78 is 2.04. The second kappa shape index (κ2) is 5.21. The van der Waals surface area contributed by atoms with Crippen LogP contribution in [0.3, 0.4) is 0 Å². The molecule has 0 aliphatic carbocycles. The summed E-state index contributed by atoms with van der Waals surface area (Å²) in [5, 5.41) is 0. The zero-order chi connectivity index (χ0) is 13.0. The summed E-state index contributed by atoms with van der Waals surface area (Å²) in [4.78, 5) is 4.02. The second-order valence-electron chi connectivity index (χ2n) is 5.53. The first kappa shape index (κ1) is 12.6. The lowest BCUT2D eigenvalue weighted by molar-refractivity contribution is 0.590. The molecule has 0 aliphatic rings. The molecule has 1 heterocycles. The molecule has 0 unspecified atom stereocenters. The van der Waals surface area contributed by atoms with Gasteiger partial charge in [0.2, 0.25) is 0 Å². The summed E-state index contributed by atoms with van der Waals surface area (Å²) in [7, 11) is 0. The molecule has 0 spiro atoms. The SMILES string of the molecule is CC(C)(C)c1ccc(/C=C/Cn2ccnc2)cc1. The van der Waals surface area contributed by atoms with Crippen LogP contribution in [-0.2, 0) is 12.0 Å². The quantitative estimate of drug-likeness (QED) is 0.795. The van der Waals surface area contributed by atoms with E-state index in [0.717, 1.165) is 6.54 Å². The molecule has 0 saturated carbocycles. The molecule has 0 amide bonds. The van der Waals surface area contributed by atoms with E-state index in [1.165, 1.54) is 11.1 Å². The lowest BCUT2D eigenvalue weighted by Gasteiger charge is -2.18. The first-order valence-corrected chi connectivity index (χ1v) is 6.28. The van der Waals surface area contributed by atoms with Crippen molar-refractivity contribution in [3.63, 3.8) is 0 Å². The molecule has 94 valence electrons. The van der Waals surface area contributed by atoms with Gasteiger partial charge in [0.15, 0.2) is 0 Å². The Kier molecular flexibility index (Phi) is 3.66. The van der Waals surface area contributed by atoms with Gasteiger partial charge in [-0.3, -0.25) is 0 Å². The van der Waals surface area contributed by atoms with Gasteiger partial charge in [0, 0.05) is 18.9 Å². The van der Waals surface area contributed by atoms with Crippen LogP contribution in [0.1, 0.15) is 31.9 Å². The Labute approximate surface area is 109 Å². The van der Waals surface area contributed by atoms with Gasteiger partial charge in [-0.25, -0.2) is 4.98 Å². The van der Waals surface area contributed by atoms with Gasteiger partial charge in [-0.05, 0) is 16.5 Å². The van der Waals surface area contributed by atoms with Gasteiger partial charge in [-0.15, -0.1) is 0 Å². The molecule has 2 nitrogen and oxygen atoms in total. The average molecular weight is 240 g/mol. The molecule has 1 aromatic carbocycles. The van der Waals surface area contributed by atoms with Crippen LogP contribution in [0, 0.1) is 0 Å². The van der Waals surface area contributed by atoms with Crippen molar-refractivity contribution in [1.82, 2.24) is 9.55 Å². The van der Waals surface area contributed by atoms with Gasteiger partial charge in [-0.1, -0.05) is 57.2 Å². The van der Waals surface area contributed by atoms with Gasteiger partial charge >= 0.3 is 0 Å². The molecule has 2 heteroatoms. The van der Waals surface area contributed by atoms with Crippen LogP contribution in [-0.4, -0.2) is 9.55 Å². The highest BCUT2D eigenvalue weighted by Gasteiger charge is 2.12. The fourth-order valence-electron chi connectivity index (χ4n) is 1.80. The van der Waals surface area contributed by atoms with E-state index in [1.54, 1.807) is 6.20 Å². The van der Waals surface area contributed by atoms with Crippen molar-refractivity contribution >= 4 is 6.08 Å². The highest BCUT2D eigenvalue weighted by molar-refractivity contribution is 5.50. The maximum absolute atomic E-state index is 4.02. The maximum Gasteiger partial charge on any atom is 0.0948 e. The van der Waals surface area contributed by atoms with Gasteiger partial charge in [0.1, 0.15) is 0 Å². The van der Waals surface area contributed by atoms with Crippen molar-refractivity contribution in [1.29, 1.82) is 0 Å². The second-order valence-corrected chi connectivity index (χ2v) is 5.53. The van der Waals surface area contributed by atoms with Crippen LogP contribution < -0.4 is 0 Å². The molecule has 0 fully saturated rings. The van der Waals surface area contributed by atoms with Crippen LogP contribution in [0.4, 0.5) is 0 Å². The van der Waals surface area contributed by atoms with Gasteiger partial charge in [0.05, 0.1) is 6.33 Å². The number of nitrogens with zero attached hydrogens (tertiary/aromatic N) is 2. The fraction of sp³-hybridized carbons (Fsp3) is 0.312. The van der Waals surface area contributed by atoms with Crippen LogP contribution in [0.25, 0.3) is 6.08 Å². The normalized spacial score (nSPS) is 12.2. The number of allylic oxidation sites excluding steroid dienone is 1. The fourth-order valence-corrected chi connectivity index (χ4v) is 1.80.